The molecule has 0 bridgehead atoms. The van der Waals surface area contributed by atoms with Crippen LogP contribution in [0.2, 0.25) is 0 Å². The minimum Gasteiger partial charge on any atom is -0.397 e. The van der Waals surface area contributed by atoms with Gasteiger partial charge in [0.15, 0.2) is 5.78 Å². The van der Waals surface area contributed by atoms with Crippen molar-refractivity contribution in [3.05, 3.63) is 10.4 Å². The molecule has 0 atom stereocenters. The van der Waals surface area contributed by atoms with E-state index in [1.807, 2.05) is 13.8 Å². The van der Waals surface area contributed by atoms with Crippen LogP contribution >= 0.6 is 11.3 Å². The Hall–Kier alpha value is -1.60. The van der Waals surface area contributed by atoms with Crippen molar-refractivity contribution in [2.75, 3.05) is 37.4 Å². The lowest BCUT2D eigenvalue weighted by Gasteiger charge is -2.39. The van der Waals surface area contributed by atoms with Crippen LogP contribution in [0.5, 0.6) is 0 Å². The van der Waals surface area contributed by atoms with Gasteiger partial charge in [-0.25, -0.2) is 0 Å². The maximum absolute atomic E-state index is 12.1. The fourth-order valence-electron chi connectivity index (χ4n) is 2.45. The Bertz CT molecular complexity index is 580. The van der Waals surface area contributed by atoms with Crippen LogP contribution in [-0.4, -0.2) is 44.0 Å². The average molecular weight is 311 g/mol. The van der Waals surface area contributed by atoms with Gasteiger partial charge < -0.3 is 20.7 Å². The minimum atomic E-state index is -0.298. The Morgan fingerprint density at radius 3 is 2.62 bits per heavy atom. The molecule has 1 aliphatic heterocycles. The van der Waals surface area contributed by atoms with Crippen molar-refractivity contribution in [1.29, 1.82) is 0 Å². The number of hydrogen-bond acceptors (Lipinski definition) is 6. The van der Waals surface area contributed by atoms with Crippen LogP contribution in [0.25, 0.3) is 0 Å². The Morgan fingerprint density at radius 2 is 2.10 bits per heavy atom. The van der Waals surface area contributed by atoms with Crippen LogP contribution in [0.4, 0.5) is 10.7 Å². The van der Waals surface area contributed by atoms with Gasteiger partial charge in [-0.15, -0.1) is 11.3 Å². The number of morpholine rings is 1. The third-order valence-electron chi connectivity index (χ3n) is 3.41. The van der Waals surface area contributed by atoms with Crippen LogP contribution in [0.15, 0.2) is 0 Å². The number of carbonyl (C=O) groups is 2. The maximum Gasteiger partial charge on any atom is 0.256 e. The van der Waals surface area contributed by atoms with E-state index in [4.69, 9.17) is 10.5 Å². The molecule has 1 aliphatic rings. The monoisotopic (exact) mass is 311 g/mol. The van der Waals surface area contributed by atoms with Crippen LogP contribution in [-0.2, 0) is 4.74 Å². The highest BCUT2D eigenvalue weighted by Gasteiger charge is 2.32. The molecule has 0 radical (unpaired) electrons. The molecule has 0 saturated carbocycles. The molecule has 7 heteroatoms. The molecule has 0 unspecified atom stereocenters. The standard InChI is InChI=1S/C14H21N3O3S/c1-8(18)11-10(15)9(12(19)16-4)13(21-11)17-5-6-20-14(2,3)7-17/h5-7,15H2,1-4H3,(H,16,19). The topological polar surface area (TPSA) is 84.7 Å². The summed E-state index contributed by atoms with van der Waals surface area (Å²) in [6.45, 7) is 7.36. The van der Waals surface area contributed by atoms with Crippen molar-refractivity contribution in [2.45, 2.75) is 26.4 Å². The number of nitrogens with zero attached hydrogens (tertiary/aromatic N) is 1. The zero-order valence-electron chi connectivity index (χ0n) is 12.8. The van der Waals surface area contributed by atoms with Gasteiger partial charge in [0.25, 0.3) is 5.91 Å². The summed E-state index contributed by atoms with van der Waals surface area (Å²) in [5.41, 5.74) is 6.39. The third-order valence-corrected chi connectivity index (χ3v) is 4.78. The minimum absolute atomic E-state index is 0.124. The van der Waals surface area contributed by atoms with E-state index in [-0.39, 0.29) is 23.0 Å². The van der Waals surface area contributed by atoms with Gasteiger partial charge >= 0.3 is 0 Å². The lowest BCUT2D eigenvalue weighted by atomic mass is 10.1. The first-order chi connectivity index (χ1) is 9.76. The van der Waals surface area contributed by atoms with E-state index >= 15 is 0 Å². The zero-order valence-corrected chi connectivity index (χ0v) is 13.6. The van der Waals surface area contributed by atoms with Crippen molar-refractivity contribution in [3.63, 3.8) is 0 Å². The van der Waals surface area contributed by atoms with Crippen molar-refractivity contribution in [1.82, 2.24) is 5.32 Å². The Kier molecular flexibility index (Phi) is 4.25. The van der Waals surface area contributed by atoms with Crippen molar-refractivity contribution >= 4 is 33.7 Å². The Balaban J connectivity index is 2.49. The quantitative estimate of drug-likeness (QED) is 0.827. The lowest BCUT2D eigenvalue weighted by molar-refractivity contribution is -0.0275. The molecule has 2 rings (SSSR count). The fourth-order valence-corrected chi connectivity index (χ4v) is 3.59. The number of thiophene rings is 1. The second-order valence-electron chi connectivity index (χ2n) is 5.69. The number of amides is 1. The number of ketones is 1. The summed E-state index contributed by atoms with van der Waals surface area (Å²) in [7, 11) is 1.56. The second-order valence-corrected chi connectivity index (χ2v) is 6.69. The number of anilines is 2. The summed E-state index contributed by atoms with van der Waals surface area (Å²) in [6.07, 6.45) is 0. The highest BCUT2D eigenvalue weighted by atomic mass is 32.1. The van der Waals surface area contributed by atoms with Crippen molar-refractivity contribution in [3.8, 4) is 0 Å². The van der Waals surface area contributed by atoms with E-state index in [1.165, 1.54) is 18.3 Å². The summed E-state index contributed by atoms with van der Waals surface area (Å²) < 4.78 is 5.69. The van der Waals surface area contributed by atoms with Crippen LogP contribution < -0.4 is 16.0 Å². The van der Waals surface area contributed by atoms with E-state index in [9.17, 15) is 9.59 Å². The number of rotatable bonds is 3. The molecular formula is C14H21N3O3S. The van der Waals surface area contributed by atoms with Crippen LogP contribution in [0.1, 0.15) is 40.8 Å². The number of ether oxygens (including phenoxy) is 1. The lowest BCUT2D eigenvalue weighted by Crippen LogP contribution is -2.48. The first kappa shape index (κ1) is 15.8. The first-order valence-corrected chi connectivity index (χ1v) is 7.62. The number of hydrogen-bond donors (Lipinski definition) is 2. The van der Waals surface area contributed by atoms with Gasteiger partial charge in [0.1, 0.15) is 5.00 Å². The van der Waals surface area contributed by atoms with Gasteiger partial charge in [0.05, 0.1) is 28.3 Å². The molecule has 1 aromatic rings. The van der Waals surface area contributed by atoms with Crippen molar-refractivity contribution < 1.29 is 14.3 Å². The predicted octanol–water partition coefficient (Wildman–Crippen LogP) is 1.51. The molecule has 0 aromatic carbocycles. The molecule has 116 valence electrons. The van der Waals surface area contributed by atoms with Gasteiger partial charge in [-0.05, 0) is 13.8 Å². The SMILES string of the molecule is CNC(=O)c1c(N2CCOC(C)(C)C2)sc(C(C)=O)c1N. The third kappa shape index (κ3) is 3.03. The molecular weight excluding hydrogens is 290 g/mol. The normalized spacial score (nSPS) is 17.6. The summed E-state index contributed by atoms with van der Waals surface area (Å²) in [5, 5.41) is 3.34. The maximum atomic E-state index is 12.1. The number of nitrogens with one attached hydrogen (secondary N) is 1. The molecule has 1 amide bonds. The number of carbonyl (C=O) groups excluding carboxylic acids is 2. The molecule has 1 aromatic heterocycles. The van der Waals surface area contributed by atoms with Gasteiger partial charge in [0.2, 0.25) is 0 Å². The fraction of sp³-hybridized carbons (Fsp3) is 0.571. The Labute approximate surface area is 128 Å². The number of Topliss-reactive ketones (excluding diaryl/α,β-unsaturated/α-hetero) is 1. The molecule has 1 fully saturated rings. The first-order valence-electron chi connectivity index (χ1n) is 6.81. The molecule has 0 aliphatic carbocycles. The second kappa shape index (κ2) is 5.65. The molecule has 6 nitrogen and oxygen atoms in total. The summed E-state index contributed by atoms with van der Waals surface area (Å²) in [4.78, 5) is 26.4. The summed E-state index contributed by atoms with van der Waals surface area (Å²) >= 11 is 1.28. The predicted molar refractivity (Wildman–Crippen MR) is 84.4 cm³/mol. The summed E-state index contributed by atoms with van der Waals surface area (Å²) in [5.74, 6) is -0.392. The highest BCUT2D eigenvalue weighted by molar-refractivity contribution is 7.19. The van der Waals surface area contributed by atoms with E-state index in [0.717, 1.165) is 5.00 Å². The molecule has 3 N–H and O–H groups in total. The van der Waals surface area contributed by atoms with Gasteiger partial charge in [-0.3, -0.25) is 9.59 Å². The Morgan fingerprint density at radius 1 is 1.43 bits per heavy atom. The smallest absolute Gasteiger partial charge is 0.256 e. The van der Waals surface area contributed by atoms with E-state index in [1.54, 1.807) is 7.05 Å². The molecule has 2 heterocycles. The van der Waals surface area contributed by atoms with Crippen LogP contribution in [0.3, 0.4) is 0 Å². The van der Waals surface area contributed by atoms with Gasteiger partial charge in [-0.2, -0.15) is 0 Å². The largest absolute Gasteiger partial charge is 0.397 e. The van der Waals surface area contributed by atoms with E-state index < -0.39 is 0 Å². The van der Waals surface area contributed by atoms with Crippen LogP contribution in [0, 0.1) is 0 Å². The van der Waals surface area contributed by atoms with E-state index in [2.05, 4.69) is 10.2 Å². The summed E-state index contributed by atoms with van der Waals surface area (Å²) in [6, 6.07) is 0. The molecule has 0 spiro atoms. The highest BCUT2D eigenvalue weighted by Crippen LogP contribution is 2.40. The molecule has 1 saturated heterocycles. The van der Waals surface area contributed by atoms with Gasteiger partial charge in [-0.1, -0.05) is 0 Å². The number of nitrogens with two attached hydrogens (primary N) is 1. The van der Waals surface area contributed by atoms with E-state index in [0.29, 0.717) is 30.1 Å². The van der Waals surface area contributed by atoms with Gasteiger partial charge in [0, 0.05) is 27.1 Å². The number of nitrogen functional groups attached to an aromatic ring is 1. The molecule has 21 heavy (non-hydrogen) atoms. The zero-order chi connectivity index (χ0) is 15.8. The average Bonchev–Trinajstić information content (AvgIpc) is 2.74. The van der Waals surface area contributed by atoms with Crippen molar-refractivity contribution in [2.24, 2.45) is 0 Å².